The molecule has 2 nitrogen and oxygen atoms in total. The van der Waals surface area contributed by atoms with E-state index in [2.05, 4.69) is 6.92 Å². The Hall–Kier alpha value is -0.660. The van der Waals surface area contributed by atoms with Gasteiger partial charge in [-0.3, -0.25) is 4.79 Å². The maximum absolute atomic E-state index is 11.5. The Morgan fingerprint density at radius 3 is 2.57 bits per heavy atom. The zero-order valence-electron chi connectivity index (χ0n) is 9.12. The van der Waals surface area contributed by atoms with Gasteiger partial charge in [0.15, 0.2) is 0 Å². The Kier molecular flexibility index (Phi) is 2.06. The van der Waals surface area contributed by atoms with Crippen LogP contribution in [0, 0.1) is 29.1 Å². The van der Waals surface area contributed by atoms with Crippen LogP contribution >= 0.6 is 0 Å². The number of ketones is 1. The van der Waals surface area contributed by atoms with Gasteiger partial charge < -0.3 is 4.79 Å². The van der Waals surface area contributed by atoms with E-state index in [0.29, 0.717) is 17.8 Å². The molecule has 0 radical (unpaired) electrons. The topological polar surface area (TPSA) is 34.1 Å². The smallest absolute Gasteiger partial charge is 0.134 e. The predicted octanol–water partition coefficient (Wildman–Crippen LogP) is 2.07. The molecule has 2 heteroatoms. The molecule has 0 saturated heterocycles. The van der Waals surface area contributed by atoms with Crippen LogP contribution in [0.2, 0.25) is 0 Å². The molecule has 78 valence electrons. The Labute approximate surface area is 85.1 Å². The second kappa shape index (κ2) is 2.91. The number of aldehydes is 1. The van der Waals surface area contributed by atoms with Gasteiger partial charge in [0.2, 0.25) is 0 Å². The molecule has 0 heterocycles. The van der Waals surface area contributed by atoms with Gasteiger partial charge in [-0.15, -0.1) is 0 Å². The minimum Gasteiger partial charge on any atom is -0.303 e. The van der Waals surface area contributed by atoms with Crippen molar-refractivity contribution in [3.63, 3.8) is 0 Å². The molecule has 2 rings (SSSR count). The summed E-state index contributed by atoms with van der Waals surface area (Å²) in [6.07, 6.45) is 3.34. The maximum atomic E-state index is 11.5. The van der Waals surface area contributed by atoms with Crippen molar-refractivity contribution in [3.05, 3.63) is 0 Å². The minimum atomic E-state index is -0.346. The summed E-state index contributed by atoms with van der Waals surface area (Å²) in [7, 11) is 0. The van der Waals surface area contributed by atoms with Crippen molar-refractivity contribution in [1.82, 2.24) is 0 Å². The van der Waals surface area contributed by atoms with Crippen LogP contribution in [-0.2, 0) is 9.59 Å². The molecule has 0 aromatic rings. The fourth-order valence-electron chi connectivity index (χ4n) is 3.91. The normalized spacial score (nSPS) is 50.8. The van der Waals surface area contributed by atoms with Crippen molar-refractivity contribution in [2.75, 3.05) is 0 Å². The largest absolute Gasteiger partial charge is 0.303 e. The van der Waals surface area contributed by atoms with E-state index in [9.17, 15) is 9.59 Å². The van der Waals surface area contributed by atoms with Crippen LogP contribution in [0.5, 0.6) is 0 Å². The van der Waals surface area contributed by atoms with Gasteiger partial charge in [0.05, 0.1) is 0 Å². The lowest BCUT2D eigenvalue weighted by Gasteiger charge is -2.54. The Morgan fingerprint density at radius 2 is 2.07 bits per heavy atom. The van der Waals surface area contributed by atoms with Gasteiger partial charge in [0.1, 0.15) is 12.1 Å². The third-order valence-corrected chi connectivity index (χ3v) is 4.60. The summed E-state index contributed by atoms with van der Waals surface area (Å²) in [6, 6.07) is 0. The van der Waals surface area contributed by atoms with Crippen LogP contribution in [0.1, 0.15) is 33.6 Å². The molecular weight excluding hydrogens is 176 g/mol. The number of carbonyl (C=O) groups is 2. The first-order valence-corrected chi connectivity index (χ1v) is 5.49. The zero-order chi connectivity index (χ0) is 10.5. The lowest BCUT2D eigenvalue weighted by atomic mass is 9.47. The van der Waals surface area contributed by atoms with Crippen LogP contribution in [-0.4, -0.2) is 12.1 Å². The van der Waals surface area contributed by atoms with Crippen LogP contribution in [0.4, 0.5) is 0 Å². The summed E-state index contributed by atoms with van der Waals surface area (Å²) in [5.41, 5.74) is -0.346. The van der Waals surface area contributed by atoms with Crippen molar-refractivity contribution in [2.24, 2.45) is 29.1 Å². The van der Waals surface area contributed by atoms with Gasteiger partial charge in [-0.2, -0.15) is 0 Å². The molecule has 5 unspecified atom stereocenters. The highest BCUT2D eigenvalue weighted by Gasteiger charge is 2.64. The molecule has 0 amide bonds. The lowest BCUT2D eigenvalue weighted by Crippen LogP contribution is -2.58. The standard InChI is InChI=1S/C12H18O2/c1-7-4-5-9-10(7)11(8(2)14)12(9,3)6-13/h6-7,9-11H,4-5H2,1-3H3. The Bertz CT molecular complexity index is 284. The summed E-state index contributed by atoms with van der Waals surface area (Å²) in [5.74, 6) is 1.80. The van der Waals surface area contributed by atoms with Crippen molar-refractivity contribution in [3.8, 4) is 0 Å². The van der Waals surface area contributed by atoms with Gasteiger partial charge in [0, 0.05) is 11.3 Å². The lowest BCUT2D eigenvalue weighted by molar-refractivity contribution is -0.159. The Morgan fingerprint density at radius 1 is 1.43 bits per heavy atom. The van der Waals surface area contributed by atoms with Crippen LogP contribution in [0.3, 0.4) is 0 Å². The average molecular weight is 194 g/mol. The van der Waals surface area contributed by atoms with Crippen LogP contribution in [0.15, 0.2) is 0 Å². The maximum Gasteiger partial charge on any atom is 0.134 e. The van der Waals surface area contributed by atoms with Gasteiger partial charge in [-0.1, -0.05) is 20.3 Å². The quantitative estimate of drug-likeness (QED) is 0.631. The third-order valence-electron chi connectivity index (χ3n) is 4.60. The van der Waals surface area contributed by atoms with Gasteiger partial charge >= 0.3 is 0 Å². The monoisotopic (exact) mass is 194 g/mol. The molecular formula is C12H18O2. The van der Waals surface area contributed by atoms with E-state index in [-0.39, 0.29) is 17.1 Å². The summed E-state index contributed by atoms with van der Waals surface area (Å²) < 4.78 is 0. The number of Topliss-reactive ketones (excluding diaryl/α,β-unsaturated/α-hetero) is 1. The summed E-state index contributed by atoms with van der Waals surface area (Å²) in [5, 5.41) is 0. The van der Waals surface area contributed by atoms with E-state index >= 15 is 0 Å². The minimum absolute atomic E-state index is 0.00231. The first kappa shape index (κ1) is 9.88. The zero-order valence-corrected chi connectivity index (χ0v) is 9.12. The highest BCUT2D eigenvalue weighted by Crippen LogP contribution is 2.64. The van der Waals surface area contributed by atoms with Gasteiger partial charge in [0.25, 0.3) is 0 Å². The molecule has 5 atom stereocenters. The molecule has 0 aromatic carbocycles. The molecule has 0 aliphatic heterocycles. The molecule has 0 bridgehead atoms. The number of carbonyl (C=O) groups excluding carboxylic acids is 2. The summed E-state index contributed by atoms with van der Waals surface area (Å²) in [6.45, 7) is 5.81. The summed E-state index contributed by atoms with van der Waals surface area (Å²) in [4.78, 5) is 22.7. The molecule has 2 aliphatic rings. The fraction of sp³-hybridized carbons (Fsp3) is 0.833. The van der Waals surface area contributed by atoms with E-state index in [1.54, 1.807) is 6.92 Å². The first-order valence-electron chi connectivity index (χ1n) is 5.49. The highest BCUT2D eigenvalue weighted by molar-refractivity contribution is 5.86. The first-order chi connectivity index (χ1) is 6.52. The van der Waals surface area contributed by atoms with Crippen molar-refractivity contribution >= 4 is 12.1 Å². The van der Waals surface area contributed by atoms with Crippen LogP contribution < -0.4 is 0 Å². The van der Waals surface area contributed by atoms with E-state index in [1.165, 1.54) is 6.42 Å². The van der Waals surface area contributed by atoms with Gasteiger partial charge in [-0.05, 0) is 31.1 Å². The van der Waals surface area contributed by atoms with Crippen molar-refractivity contribution in [1.29, 1.82) is 0 Å². The van der Waals surface area contributed by atoms with E-state index < -0.39 is 0 Å². The number of rotatable bonds is 2. The van der Waals surface area contributed by atoms with Crippen molar-refractivity contribution in [2.45, 2.75) is 33.6 Å². The highest BCUT2D eigenvalue weighted by atomic mass is 16.1. The molecule has 0 aromatic heterocycles. The van der Waals surface area contributed by atoms with E-state index in [0.717, 1.165) is 12.7 Å². The molecule has 2 saturated carbocycles. The summed E-state index contributed by atoms with van der Waals surface area (Å²) >= 11 is 0. The predicted molar refractivity (Wildman–Crippen MR) is 53.7 cm³/mol. The molecule has 2 fully saturated rings. The van der Waals surface area contributed by atoms with E-state index in [1.807, 2.05) is 6.92 Å². The second-order valence-electron chi connectivity index (χ2n) is 5.31. The SMILES string of the molecule is CC(=O)C1C2C(C)CCC2C1(C)C=O. The third kappa shape index (κ3) is 0.971. The number of hydrogen-bond acceptors (Lipinski definition) is 2. The molecule has 0 N–H and O–H groups in total. The second-order valence-corrected chi connectivity index (χ2v) is 5.31. The molecule has 14 heavy (non-hydrogen) atoms. The van der Waals surface area contributed by atoms with Crippen molar-refractivity contribution < 1.29 is 9.59 Å². The average Bonchev–Trinajstić information content (AvgIpc) is 2.43. The fourth-order valence-corrected chi connectivity index (χ4v) is 3.91. The van der Waals surface area contributed by atoms with Gasteiger partial charge in [-0.25, -0.2) is 0 Å². The van der Waals surface area contributed by atoms with E-state index in [4.69, 9.17) is 0 Å². The molecule has 0 spiro atoms. The number of fused-ring (bicyclic) bond motifs is 1. The number of hydrogen-bond donors (Lipinski definition) is 0. The van der Waals surface area contributed by atoms with Crippen LogP contribution in [0.25, 0.3) is 0 Å². The Balaban J connectivity index is 2.30. The molecule has 2 aliphatic carbocycles.